The van der Waals surface area contributed by atoms with Crippen molar-refractivity contribution in [3.05, 3.63) is 47.2 Å². The van der Waals surface area contributed by atoms with Crippen molar-refractivity contribution in [1.29, 1.82) is 0 Å². The molecular formula is C26H36N4O5. The molecule has 0 unspecified atom stereocenters. The summed E-state index contributed by atoms with van der Waals surface area (Å²) in [6.07, 6.45) is 4.86. The number of hydrogen-bond donors (Lipinski definition) is 2. The molecule has 1 fully saturated rings. The zero-order valence-corrected chi connectivity index (χ0v) is 20.8. The van der Waals surface area contributed by atoms with E-state index in [0.717, 1.165) is 43.2 Å². The van der Waals surface area contributed by atoms with Crippen molar-refractivity contribution in [2.24, 2.45) is 0 Å². The lowest BCUT2D eigenvalue weighted by molar-refractivity contribution is -0.142. The fraction of sp³-hybridized carbons (Fsp3) is 0.538. The Bertz CT molecular complexity index is 982. The maximum absolute atomic E-state index is 13.5. The molecule has 0 saturated heterocycles. The van der Waals surface area contributed by atoms with Crippen LogP contribution in [0.3, 0.4) is 0 Å². The predicted octanol–water partition coefficient (Wildman–Crippen LogP) is 3.54. The van der Waals surface area contributed by atoms with Crippen molar-refractivity contribution in [2.45, 2.75) is 70.9 Å². The summed E-state index contributed by atoms with van der Waals surface area (Å²) in [4.78, 5) is 40.8. The summed E-state index contributed by atoms with van der Waals surface area (Å²) in [6.45, 7) is 4.30. The molecule has 1 atom stereocenters. The van der Waals surface area contributed by atoms with Crippen LogP contribution in [-0.2, 0) is 25.5 Å². The quantitative estimate of drug-likeness (QED) is 0.476. The molecule has 35 heavy (non-hydrogen) atoms. The second kappa shape index (κ2) is 13.0. The molecule has 1 aromatic heterocycles. The molecule has 2 N–H and O–H groups in total. The molecule has 2 aromatic rings. The summed E-state index contributed by atoms with van der Waals surface area (Å²) in [6, 6.07) is 8.71. The largest absolute Gasteiger partial charge is 0.383 e. The van der Waals surface area contributed by atoms with Gasteiger partial charge in [0.15, 0.2) is 5.82 Å². The van der Waals surface area contributed by atoms with Gasteiger partial charge in [0.1, 0.15) is 11.8 Å². The minimum absolute atomic E-state index is 0.0417. The Kier molecular flexibility index (Phi) is 9.84. The first kappa shape index (κ1) is 26.4. The van der Waals surface area contributed by atoms with E-state index in [4.69, 9.17) is 9.26 Å². The van der Waals surface area contributed by atoms with Crippen LogP contribution in [0.4, 0.5) is 5.82 Å². The van der Waals surface area contributed by atoms with Crippen molar-refractivity contribution < 1.29 is 23.6 Å². The van der Waals surface area contributed by atoms with E-state index in [9.17, 15) is 14.4 Å². The zero-order chi connectivity index (χ0) is 25.2. The maximum Gasteiger partial charge on any atom is 0.247 e. The molecule has 9 heteroatoms. The average Bonchev–Trinajstić information content (AvgIpc) is 3.51. The number of nitrogens with one attached hydrogen (secondary N) is 2. The maximum atomic E-state index is 13.5. The lowest BCUT2D eigenvalue weighted by Gasteiger charge is -2.32. The Morgan fingerprint density at radius 1 is 1.17 bits per heavy atom. The molecule has 1 heterocycles. The Hall–Kier alpha value is -3.20. The van der Waals surface area contributed by atoms with Crippen LogP contribution in [0.15, 0.2) is 34.9 Å². The van der Waals surface area contributed by atoms with E-state index in [1.54, 1.807) is 20.1 Å². The average molecular weight is 485 g/mol. The summed E-state index contributed by atoms with van der Waals surface area (Å²) in [5.41, 5.74) is 1.89. The minimum Gasteiger partial charge on any atom is -0.383 e. The fourth-order valence-electron chi connectivity index (χ4n) is 4.34. The summed E-state index contributed by atoms with van der Waals surface area (Å²) in [5.74, 6) is 0.0405. The second-order valence-electron chi connectivity index (χ2n) is 8.94. The monoisotopic (exact) mass is 484 g/mol. The number of methoxy groups -OCH3 is 1. The van der Waals surface area contributed by atoms with Gasteiger partial charge in [0.05, 0.1) is 6.61 Å². The van der Waals surface area contributed by atoms with Crippen molar-refractivity contribution >= 4 is 23.5 Å². The Morgan fingerprint density at radius 2 is 1.89 bits per heavy atom. The van der Waals surface area contributed by atoms with Crippen molar-refractivity contribution in [3.63, 3.8) is 0 Å². The lowest BCUT2D eigenvalue weighted by Crippen LogP contribution is -2.47. The summed E-state index contributed by atoms with van der Waals surface area (Å²) < 4.78 is 10.2. The number of hydrogen-bond acceptors (Lipinski definition) is 6. The first-order valence-electron chi connectivity index (χ1n) is 12.3. The van der Waals surface area contributed by atoms with E-state index in [0.29, 0.717) is 11.6 Å². The third-order valence-corrected chi connectivity index (χ3v) is 6.28. The van der Waals surface area contributed by atoms with Crippen molar-refractivity contribution in [2.75, 3.05) is 25.6 Å². The van der Waals surface area contributed by atoms with Gasteiger partial charge in [0.25, 0.3) is 0 Å². The van der Waals surface area contributed by atoms with Gasteiger partial charge in [-0.05, 0) is 37.3 Å². The number of rotatable bonds is 12. The van der Waals surface area contributed by atoms with Crippen molar-refractivity contribution in [1.82, 2.24) is 15.4 Å². The fourth-order valence-corrected chi connectivity index (χ4v) is 4.34. The van der Waals surface area contributed by atoms with Crippen LogP contribution >= 0.6 is 0 Å². The van der Waals surface area contributed by atoms with Gasteiger partial charge < -0.3 is 24.8 Å². The highest BCUT2D eigenvalue weighted by Gasteiger charge is 2.33. The number of benzene rings is 1. The van der Waals surface area contributed by atoms with Crippen LogP contribution in [0, 0.1) is 6.92 Å². The molecular weight excluding hydrogens is 448 g/mol. The second-order valence-corrected chi connectivity index (χ2v) is 8.94. The lowest BCUT2D eigenvalue weighted by atomic mass is 10.0. The van der Waals surface area contributed by atoms with Crippen LogP contribution in [0.2, 0.25) is 0 Å². The SMILES string of the molecule is CCc1ccc([C@@H](C(=O)NC2CCCC2)N(CCOC)C(=O)CCC(=O)Nc2cc(C)on2)cc1. The third kappa shape index (κ3) is 7.65. The topological polar surface area (TPSA) is 114 Å². The van der Waals surface area contributed by atoms with Gasteiger partial charge in [-0.2, -0.15) is 0 Å². The summed E-state index contributed by atoms with van der Waals surface area (Å²) >= 11 is 0. The van der Waals surface area contributed by atoms with Crippen molar-refractivity contribution in [3.8, 4) is 0 Å². The molecule has 3 rings (SSSR count). The van der Waals surface area contributed by atoms with Crippen LogP contribution in [0.1, 0.15) is 68.4 Å². The highest BCUT2D eigenvalue weighted by atomic mass is 16.5. The molecule has 1 aliphatic carbocycles. The number of aromatic nitrogens is 1. The molecule has 0 bridgehead atoms. The predicted molar refractivity (Wildman–Crippen MR) is 132 cm³/mol. The molecule has 0 aliphatic heterocycles. The van der Waals surface area contributed by atoms with E-state index in [-0.39, 0.29) is 49.8 Å². The summed E-state index contributed by atoms with van der Waals surface area (Å²) in [7, 11) is 1.56. The molecule has 3 amide bonds. The smallest absolute Gasteiger partial charge is 0.247 e. The van der Waals surface area contributed by atoms with Gasteiger partial charge in [-0.1, -0.05) is 49.2 Å². The first-order chi connectivity index (χ1) is 16.9. The van der Waals surface area contributed by atoms with Gasteiger partial charge >= 0.3 is 0 Å². The molecule has 9 nitrogen and oxygen atoms in total. The molecule has 0 radical (unpaired) electrons. The summed E-state index contributed by atoms with van der Waals surface area (Å²) in [5, 5.41) is 9.51. The third-order valence-electron chi connectivity index (χ3n) is 6.28. The van der Waals surface area contributed by atoms with Crippen LogP contribution in [0.5, 0.6) is 0 Å². The standard InChI is InChI=1S/C26H36N4O5/c1-4-19-9-11-20(12-10-19)25(26(33)27-21-7-5-6-8-21)30(15-16-34-3)24(32)14-13-23(31)28-22-17-18(2)35-29-22/h9-12,17,21,25H,4-8,13-16H2,1-3H3,(H,27,33)(H,28,29,31)/t25-/m0/s1. The number of carbonyl (C=O) groups excluding carboxylic acids is 3. The van der Waals surface area contributed by atoms with Gasteiger partial charge in [-0.3, -0.25) is 14.4 Å². The Balaban J connectivity index is 1.77. The molecule has 190 valence electrons. The first-order valence-corrected chi connectivity index (χ1v) is 12.3. The van der Waals surface area contributed by atoms with E-state index < -0.39 is 6.04 Å². The number of aryl methyl sites for hydroxylation is 2. The number of nitrogens with zero attached hydrogens (tertiary/aromatic N) is 2. The van der Waals surface area contributed by atoms with Gasteiger partial charge in [-0.15, -0.1) is 0 Å². The van der Waals surface area contributed by atoms with E-state index >= 15 is 0 Å². The molecule has 0 spiro atoms. The molecule has 1 saturated carbocycles. The highest BCUT2D eigenvalue weighted by Crippen LogP contribution is 2.25. The minimum atomic E-state index is -0.801. The van der Waals surface area contributed by atoms with Gasteiger partial charge in [0.2, 0.25) is 17.7 Å². The van der Waals surface area contributed by atoms with Gasteiger partial charge in [-0.25, -0.2) is 0 Å². The Labute approximate surface area is 206 Å². The molecule has 1 aliphatic rings. The van der Waals surface area contributed by atoms with Crippen LogP contribution < -0.4 is 10.6 Å². The zero-order valence-electron chi connectivity index (χ0n) is 20.8. The van der Waals surface area contributed by atoms with E-state index in [1.165, 1.54) is 4.90 Å². The Morgan fingerprint density at radius 3 is 2.49 bits per heavy atom. The number of anilines is 1. The number of amides is 3. The van der Waals surface area contributed by atoms with E-state index in [1.807, 2.05) is 24.3 Å². The van der Waals surface area contributed by atoms with Gasteiger partial charge in [0, 0.05) is 38.6 Å². The highest BCUT2D eigenvalue weighted by molar-refractivity contribution is 5.94. The van der Waals surface area contributed by atoms with Crippen LogP contribution in [0.25, 0.3) is 0 Å². The van der Waals surface area contributed by atoms with Crippen LogP contribution in [-0.4, -0.2) is 54.1 Å². The normalized spacial score (nSPS) is 14.5. The number of ether oxygens (including phenoxy) is 1. The molecule has 1 aromatic carbocycles. The van der Waals surface area contributed by atoms with E-state index in [2.05, 4.69) is 22.7 Å². The number of carbonyl (C=O) groups is 3.